The Kier molecular flexibility index (Phi) is 3.67. The molecule has 3 nitrogen and oxygen atoms in total. The maximum Gasteiger partial charge on any atom is 0.161 e. The van der Waals surface area contributed by atoms with Crippen molar-refractivity contribution < 1.29 is 14.6 Å². The molecule has 1 unspecified atom stereocenters. The lowest BCUT2D eigenvalue weighted by molar-refractivity contribution is 0.171. The molecule has 1 aromatic carbocycles. The van der Waals surface area contributed by atoms with Crippen LogP contribution in [-0.2, 0) is 6.42 Å². The molecule has 16 heavy (non-hydrogen) atoms. The van der Waals surface area contributed by atoms with E-state index < -0.39 is 0 Å². The van der Waals surface area contributed by atoms with E-state index in [1.165, 1.54) is 5.56 Å². The van der Waals surface area contributed by atoms with Gasteiger partial charge in [0, 0.05) is 6.61 Å². The van der Waals surface area contributed by atoms with Gasteiger partial charge in [0.1, 0.15) is 13.2 Å². The van der Waals surface area contributed by atoms with Crippen LogP contribution < -0.4 is 9.47 Å². The molecule has 1 aliphatic heterocycles. The lowest BCUT2D eigenvalue weighted by Crippen LogP contribution is -2.16. The van der Waals surface area contributed by atoms with Gasteiger partial charge in [-0.2, -0.15) is 0 Å². The zero-order valence-corrected chi connectivity index (χ0v) is 9.61. The monoisotopic (exact) mass is 222 g/mol. The molecular formula is C13H18O3. The van der Waals surface area contributed by atoms with Crippen molar-refractivity contribution in [2.75, 3.05) is 19.8 Å². The van der Waals surface area contributed by atoms with Crippen LogP contribution in [0.2, 0.25) is 0 Å². The van der Waals surface area contributed by atoms with Crippen molar-refractivity contribution >= 4 is 0 Å². The third kappa shape index (κ3) is 2.47. The van der Waals surface area contributed by atoms with Gasteiger partial charge in [-0.1, -0.05) is 19.4 Å². The smallest absolute Gasteiger partial charge is 0.161 e. The molecule has 1 N–H and O–H groups in total. The number of benzene rings is 1. The zero-order chi connectivity index (χ0) is 11.4. The van der Waals surface area contributed by atoms with Crippen LogP contribution in [0.1, 0.15) is 18.9 Å². The number of fused-ring (bicyclic) bond motifs is 1. The Bertz CT molecular complexity index is 345. The SMILES string of the molecule is CCC(CO)Cc1ccc2c(c1)OCCO2. The average Bonchev–Trinajstić information content (AvgIpc) is 2.35. The number of rotatable bonds is 4. The summed E-state index contributed by atoms with van der Waals surface area (Å²) in [7, 11) is 0. The Labute approximate surface area is 96.0 Å². The van der Waals surface area contributed by atoms with Gasteiger partial charge in [-0.15, -0.1) is 0 Å². The standard InChI is InChI=1S/C13H18O3/c1-2-10(9-14)7-11-3-4-12-13(8-11)16-6-5-15-12/h3-4,8,10,14H,2,5-7,9H2,1H3. The summed E-state index contributed by atoms with van der Waals surface area (Å²) in [4.78, 5) is 0. The molecule has 1 aromatic rings. The van der Waals surface area contributed by atoms with Crippen LogP contribution in [0.3, 0.4) is 0 Å². The van der Waals surface area contributed by atoms with E-state index in [-0.39, 0.29) is 6.61 Å². The minimum atomic E-state index is 0.241. The van der Waals surface area contributed by atoms with Gasteiger partial charge in [0.25, 0.3) is 0 Å². The van der Waals surface area contributed by atoms with E-state index in [2.05, 4.69) is 6.92 Å². The highest BCUT2D eigenvalue weighted by Crippen LogP contribution is 2.31. The lowest BCUT2D eigenvalue weighted by atomic mass is 9.97. The van der Waals surface area contributed by atoms with Crippen LogP contribution in [0.25, 0.3) is 0 Å². The van der Waals surface area contributed by atoms with E-state index in [0.29, 0.717) is 19.1 Å². The summed E-state index contributed by atoms with van der Waals surface area (Å²) in [6.07, 6.45) is 1.88. The van der Waals surface area contributed by atoms with Gasteiger partial charge in [-0.3, -0.25) is 0 Å². The van der Waals surface area contributed by atoms with Crippen LogP contribution >= 0.6 is 0 Å². The van der Waals surface area contributed by atoms with Gasteiger partial charge in [-0.05, 0) is 30.0 Å². The van der Waals surface area contributed by atoms with E-state index in [1.54, 1.807) is 0 Å². The molecule has 0 spiro atoms. The predicted molar refractivity (Wildman–Crippen MR) is 62.0 cm³/mol. The molecule has 0 aromatic heterocycles. The third-order valence-corrected chi connectivity index (χ3v) is 2.97. The molecule has 0 radical (unpaired) electrons. The van der Waals surface area contributed by atoms with Crippen molar-refractivity contribution in [3.63, 3.8) is 0 Å². The highest BCUT2D eigenvalue weighted by atomic mass is 16.6. The van der Waals surface area contributed by atoms with Gasteiger partial charge in [0.15, 0.2) is 11.5 Å². The van der Waals surface area contributed by atoms with Crippen molar-refractivity contribution in [3.05, 3.63) is 23.8 Å². The topological polar surface area (TPSA) is 38.7 Å². The van der Waals surface area contributed by atoms with Crippen molar-refractivity contribution in [2.45, 2.75) is 19.8 Å². The van der Waals surface area contributed by atoms with Crippen molar-refractivity contribution in [1.82, 2.24) is 0 Å². The first-order chi connectivity index (χ1) is 7.83. The molecule has 0 bridgehead atoms. The van der Waals surface area contributed by atoms with Crippen molar-refractivity contribution in [3.8, 4) is 11.5 Å². The molecule has 88 valence electrons. The van der Waals surface area contributed by atoms with Crippen LogP contribution in [0.15, 0.2) is 18.2 Å². The molecule has 0 fully saturated rings. The molecule has 1 aliphatic rings. The van der Waals surface area contributed by atoms with Crippen LogP contribution in [-0.4, -0.2) is 24.9 Å². The Balaban J connectivity index is 2.10. The first-order valence-electron chi connectivity index (χ1n) is 5.83. The molecule has 0 aliphatic carbocycles. The summed E-state index contributed by atoms with van der Waals surface area (Å²) in [5, 5.41) is 9.17. The second-order valence-electron chi connectivity index (χ2n) is 4.14. The molecule has 1 atom stereocenters. The van der Waals surface area contributed by atoms with Gasteiger partial charge in [0.2, 0.25) is 0 Å². The van der Waals surface area contributed by atoms with Crippen molar-refractivity contribution in [1.29, 1.82) is 0 Å². The second kappa shape index (κ2) is 5.21. The minimum absolute atomic E-state index is 0.241. The molecule has 1 heterocycles. The van der Waals surface area contributed by atoms with Gasteiger partial charge >= 0.3 is 0 Å². The summed E-state index contributed by atoms with van der Waals surface area (Å²) in [6.45, 7) is 3.58. The van der Waals surface area contributed by atoms with E-state index in [4.69, 9.17) is 14.6 Å². The first kappa shape index (κ1) is 11.3. The largest absolute Gasteiger partial charge is 0.486 e. The quantitative estimate of drug-likeness (QED) is 0.847. The Morgan fingerprint density at radius 2 is 2.00 bits per heavy atom. The average molecular weight is 222 g/mol. The first-order valence-corrected chi connectivity index (χ1v) is 5.83. The maximum absolute atomic E-state index is 9.17. The van der Waals surface area contributed by atoms with Crippen molar-refractivity contribution in [2.24, 2.45) is 5.92 Å². The van der Waals surface area contributed by atoms with E-state index in [9.17, 15) is 0 Å². The number of aliphatic hydroxyl groups excluding tert-OH is 1. The number of ether oxygens (including phenoxy) is 2. The molecule has 3 heteroatoms. The van der Waals surface area contributed by atoms with Gasteiger partial charge < -0.3 is 14.6 Å². The number of hydrogen-bond acceptors (Lipinski definition) is 3. The Hall–Kier alpha value is -1.22. The van der Waals surface area contributed by atoms with Crippen LogP contribution in [0.4, 0.5) is 0 Å². The number of aliphatic hydroxyl groups is 1. The molecule has 0 amide bonds. The fourth-order valence-corrected chi connectivity index (χ4v) is 1.89. The Morgan fingerprint density at radius 3 is 2.69 bits per heavy atom. The van der Waals surface area contributed by atoms with E-state index in [0.717, 1.165) is 24.3 Å². The summed E-state index contributed by atoms with van der Waals surface area (Å²) in [5.41, 5.74) is 1.20. The minimum Gasteiger partial charge on any atom is -0.486 e. The van der Waals surface area contributed by atoms with Gasteiger partial charge in [0.05, 0.1) is 0 Å². The summed E-state index contributed by atoms with van der Waals surface area (Å²) < 4.78 is 11.0. The summed E-state index contributed by atoms with van der Waals surface area (Å²) >= 11 is 0. The van der Waals surface area contributed by atoms with E-state index >= 15 is 0 Å². The fraction of sp³-hybridized carbons (Fsp3) is 0.538. The predicted octanol–water partition coefficient (Wildman–Crippen LogP) is 2.02. The fourth-order valence-electron chi connectivity index (χ4n) is 1.89. The van der Waals surface area contributed by atoms with Crippen LogP contribution in [0.5, 0.6) is 11.5 Å². The molecule has 0 saturated carbocycles. The molecular weight excluding hydrogens is 204 g/mol. The zero-order valence-electron chi connectivity index (χ0n) is 9.61. The lowest BCUT2D eigenvalue weighted by Gasteiger charge is -2.19. The van der Waals surface area contributed by atoms with E-state index in [1.807, 2.05) is 18.2 Å². The normalized spacial score (nSPS) is 15.9. The van der Waals surface area contributed by atoms with Gasteiger partial charge in [-0.25, -0.2) is 0 Å². The Morgan fingerprint density at radius 1 is 1.25 bits per heavy atom. The highest BCUT2D eigenvalue weighted by Gasteiger charge is 2.13. The second-order valence-corrected chi connectivity index (χ2v) is 4.14. The summed E-state index contributed by atoms with van der Waals surface area (Å²) in [6, 6.07) is 6.02. The molecule has 2 rings (SSSR count). The summed E-state index contributed by atoms with van der Waals surface area (Å²) in [5.74, 6) is 1.99. The highest BCUT2D eigenvalue weighted by molar-refractivity contribution is 5.43. The van der Waals surface area contributed by atoms with Crippen LogP contribution in [0, 0.1) is 5.92 Å². The number of hydrogen-bond donors (Lipinski definition) is 1. The third-order valence-electron chi connectivity index (χ3n) is 2.97. The molecule has 0 saturated heterocycles. The maximum atomic E-state index is 9.17.